The number of aliphatic hydroxyl groups is 7. The van der Waals surface area contributed by atoms with Gasteiger partial charge in [-0.3, -0.25) is 14.1 Å². The highest BCUT2D eigenvalue weighted by Gasteiger charge is 2.61. The maximum atomic E-state index is 12.2. The molecule has 0 unspecified atom stereocenters. The van der Waals surface area contributed by atoms with Crippen LogP contribution in [-0.2, 0) is 47.9 Å². The van der Waals surface area contributed by atoms with Crippen LogP contribution in [0.15, 0.2) is 0 Å². The summed E-state index contributed by atoms with van der Waals surface area (Å²) in [6.45, 7) is 1.56. The fourth-order valence-electron chi connectivity index (χ4n) is 5.02. The minimum absolute atomic E-state index is 0.642. The molecule has 3 aliphatic heterocycles. The topological polar surface area (TPSA) is 310 Å². The first-order valence-corrected chi connectivity index (χ1v) is 14.4. The lowest BCUT2D eigenvalue weighted by Gasteiger charge is -2.53. The van der Waals surface area contributed by atoms with Crippen molar-refractivity contribution in [1.82, 2.24) is 10.6 Å². The van der Waals surface area contributed by atoms with E-state index in [0.717, 1.165) is 13.8 Å². The van der Waals surface area contributed by atoms with Crippen LogP contribution in [0.25, 0.3) is 0 Å². The summed E-state index contributed by atoms with van der Waals surface area (Å²) in [5, 5.41) is 77.3. The van der Waals surface area contributed by atoms with E-state index in [2.05, 4.69) is 14.8 Å². The van der Waals surface area contributed by atoms with Crippen LogP contribution in [0.1, 0.15) is 27.2 Å². The standard InChI is InChI=1S/C22H38N2O18S/c1-7-14(29)16(31)17(32)20(37-7)41-19-18(12(6-26)39-21(23-8(2)27)22(19,33)24-9(3)28)40-13-4-10(42-43(34,35)36)15(30)11(5-25)38-13/h7,10-21,25-26,29-33H,4-6H2,1-3H3,(H,23,27)(H,24,28)(H,34,35,36)/t7-,10+,11+,12+,13-,14+,15+,16+,17-,18+,19-,20-,21+,22+/m0/s1. The van der Waals surface area contributed by atoms with Gasteiger partial charge in [-0.1, -0.05) is 0 Å². The minimum Gasteiger partial charge on any atom is -0.394 e. The molecule has 0 saturated carbocycles. The molecule has 250 valence electrons. The van der Waals surface area contributed by atoms with Gasteiger partial charge in [0, 0.05) is 20.3 Å². The third-order valence-electron chi connectivity index (χ3n) is 7.04. The third-order valence-corrected chi connectivity index (χ3v) is 7.53. The number of carbonyl (C=O) groups is 2. The van der Waals surface area contributed by atoms with E-state index < -0.39 is 127 Å². The summed E-state index contributed by atoms with van der Waals surface area (Å²) in [5.74, 6) is -1.67. The van der Waals surface area contributed by atoms with Crippen LogP contribution >= 0.6 is 0 Å². The zero-order valence-electron chi connectivity index (χ0n) is 23.2. The number of hydrogen-bond donors (Lipinski definition) is 10. The molecule has 10 N–H and O–H groups in total. The fraction of sp³-hybridized carbons (Fsp3) is 0.909. The second kappa shape index (κ2) is 14.2. The monoisotopic (exact) mass is 650 g/mol. The second-order valence-electron chi connectivity index (χ2n) is 10.4. The quantitative estimate of drug-likeness (QED) is 0.0777. The Morgan fingerprint density at radius 2 is 1.53 bits per heavy atom. The molecule has 0 bridgehead atoms. The van der Waals surface area contributed by atoms with E-state index in [-0.39, 0.29) is 0 Å². The van der Waals surface area contributed by atoms with E-state index in [1.807, 2.05) is 0 Å². The average Bonchev–Trinajstić information content (AvgIpc) is 2.89. The molecule has 3 rings (SSSR count). The summed E-state index contributed by atoms with van der Waals surface area (Å²) in [6.07, 6.45) is -22.8. The Kier molecular flexibility index (Phi) is 11.8. The van der Waals surface area contributed by atoms with Crippen LogP contribution in [0.5, 0.6) is 0 Å². The van der Waals surface area contributed by atoms with Gasteiger partial charge in [-0.15, -0.1) is 0 Å². The first-order valence-electron chi connectivity index (χ1n) is 13.1. The van der Waals surface area contributed by atoms with Gasteiger partial charge in [-0.05, 0) is 6.92 Å². The Hall–Kier alpha value is -1.67. The van der Waals surface area contributed by atoms with E-state index >= 15 is 0 Å². The Morgan fingerprint density at radius 3 is 2.07 bits per heavy atom. The van der Waals surface area contributed by atoms with Gasteiger partial charge in [0.15, 0.2) is 18.8 Å². The molecular formula is C22H38N2O18S. The number of ether oxygens (including phenoxy) is 5. The molecule has 0 spiro atoms. The van der Waals surface area contributed by atoms with Gasteiger partial charge in [-0.2, -0.15) is 8.42 Å². The molecule has 20 nitrogen and oxygen atoms in total. The number of nitrogens with one attached hydrogen (secondary N) is 2. The fourth-order valence-corrected chi connectivity index (χ4v) is 5.53. The molecule has 0 aromatic heterocycles. The van der Waals surface area contributed by atoms with Crippen LogP contribution in [0.3, 0.4) is 0 Å². The first kappa shape index (κ1) is 35.8. The minimum atomic E-state index is -5.12. The summed E-state index contributed by atoms with van der Waals surface area (Å²) in [6, 6.07) is 0. The molecule has 3 fully saturated rings. The van der Waals surface area contributed by atoms with E-state index in [1.54, 1.807) is 0 Å². The summed E-state index contributed by atoms with van der Waals surface area (Å²) >= 11 is 0. The Labute approximate surface area is 245 Å². The Balaban J connectivity index is 2.05. The van der Waals surface area contributed by atoms with Gasteiger partial charge in [0.1, 0.15) is 54.9 Å². The van der Waals surface area contributed by atoms with E-state index in [0.29, 0.717) is 0 Å². The van der Waals surface area contributed by atoms with E-state index in [4.69, 9.17) is 28.2 Å². The van der Waals surface area contributed by atoms with Crippen LogP contribution in [-0.4, -0.2) is 159 Å². The SMILES string of the molecule is CC(=O)N[C@@H]1O[C@H](CO)[C@@H](O[C@H]2C[C@@H](OS(=O)(=O)O)[C@@H](O)[C@@H](CO)O2)[C@H](O[C@@H]2O[C@@H](C)[C@@H](O)[C@@H](O)[C@@H]2O)[C@]1(O)NC(C)=O. The normalized spacial score (nSPS) is 44.0. The van der Waals surface area contributed by atoms with Gasteiger partial charge in [0.25, 0.3) is 0 Å². The zero-order valence-corrected chi connectivity index (χ0v) is 24.0. The van der Waals surface area contributed by atoms with Gasteiger partial charge >= 0.3 is 10.4 Å². The number of aliphatic hydroxyl groups excluding tert-OH is 6. The second-order valence-corrected chi connectivity index (χ2v) is 11.4. The molecule has 21 heteroatoms. The molecule has 14 atom stereocenters. The van der Waals surface area contributed by atoms with Crippen molar-refractivity contribution in [1.29, 1.82) is 0 Å². The first-order chi connectivity index (χ1) is 19.9. The molecule has 3 heterocycles. The summed E-state index contributed by atoms with van der Waals surface area (Å²) in [4.78, 5) is 24.2. The maximum absolute atomic E-state index is 12.2. The van der Waals surface area contributed by atoms with E-state index in [9.17, 15) is 53.8 Å². The van der Waals surface area contributed by atoms with Crippen molar-refractivity contribution in [3.05, 3.63) is 0 Å². The Bertz CT molecular complexity index is 1080. The summed E-state index contributed by atoms with van der Waals surface area (Å²) < 4.78 is 64.6. The molecule has 0 aromatic rings. The predicted octanol–water partition coefficient (Wildman–Crippen LogP) is -6.08. The highest BCUT2D eigenvalue weighted by atomic mass is 32.3. The van der Waals surface area contributed by atoms with Crippen molar-refractivity contribution in [3.63, 3.8) is 0 Å². The van der Waals surface area contributed by atoms with Crippen molar-refractivity contribution < 1.29 is 86.2 Å². The van der Waals surface area contributed by atoms with Gasteiger partial charge in [-0.25, -0.2) is 4.18 Å². The largest absolute Gasteiger partial charge is 0.397 e. The lowest BCUT2D eigenvalue weighted by atomic mass is 9.90. The number of hydrogen-bond acceptors (Lipinski definition) is 17. The number of rotatable bonds is 10. The molecular weight excluding hydrogens is 612 g/mol. The van der Waals surface area contributed by atoms with Gasteiger partial charge in [0.05, 0.1) is 19.3 Å². The van der Waals surface area contributed by atoms with Crippen molar-refractivity contribution in [3.8, 4) is 0 Å². The summed E-state index contributed by atoms with van der Waals surface area (Å²) in [5.41, 5.74) is -2.78. The number of amides is 2. The zero-order chi connectivity index (χ0) is 32.4. The smallest absolute Gasteiger partial charge is 0.394 e. The van der Waals surface area contributed by atoms with Crippen LogP contribution in [0, 0.1) is 0 Å². The Morgan fingerprint density at radius 1 is 0.907 bits per heavy atom. The molecule has 2 amide bonds. The maximum Gasteiger partial charge on any atom is 0.397 e. The molecule has 3 saturated heterocycles. The number of carbonyl (C=O) groups excluding carboxylic acids is 2. The van der Waals surface area contributed by atoms with Gasteiger partial charge < -0.3 is 70.1 Å². The predicted molar refractivity (Wildman–Crippen MR) is 133 cm³/mol. The van der Waals surface area contributed by atoms with Crippen LogP contribution < -0.4 is 10.6 Å². The molecule has 0 radical (unpaired) electrons. The molecule has 43 heavy (non-hydrogen) atoms. The van der Waals surface area contributed by atoms with E-state index in [1.165, 1.54) is 6.92 Å². The van der Waals surface area contributed by atoms with Crippen molar-refractivity contribution in [2.75, 3.05) is 13.2 Å². The molecule has 0 aromatic carbocycles. The lowest BCUT2D eigenvalue weighted by molar-refractivity contribution is -0.380. The van der Waals surface area contributed by atoms with Crippen LogP contribution in [0.4, 0.5) is 0 Å². The average molecular weight is 651 g/mol. The van der Waals surface area contributed by atoms with Crippen molar-refractivity contribution >= 4 is 22.2 Å². The highest BCUT2D eigenvalue weighted by Crippen LogP contribution is 2.37. The van der Waals surface area contributed by atoms with Crippen LogP contribution in [0.2, 0.25) is 0 Å². The molecule has 0 aliphatic carbocycles. The lowest BCUT2D eigenvalue weighted by Crippen LogP contribution is -2.78. The highest BCUT2D eigenvalue weighted by molar-refractivity contribution is 7.80. The van der Waals surface area contributed by atoms with Crippen molar-refractivity contribution in [2.24, 2.45) is 0 Å². The molecule has 3 aliphatic rings. The van der Waals surface area contributed by atoms with Crippen molar-refractivity contribution in [2.45, 2.75) is 113 Å². The third kappa shape index (κ3) is 8.33. The summed E-state index contributed by atoms with van der Waals surface area (Å²) in [7, 11) is -5.12. The van der Waals surface area contributed by atoms with Gasteiger partial charge in [0.2, 0.25) is 17.5 Å².